The molecule has 174 valence electrons. The molecule has 1 N–H and O–H groups in total. The van der Waals surface area contributed by atoms with Crippen LogP contribution in [0.5, 0.6) is 5.75 Å². The Kier molecular flexibility index (Phi) is 6.70. The van der Waals surface area contributed by atoms with Crippen LogP contribution in [0.4, 0.5) is 5.69 Å². The smallest absolute Gasteiger partial charge is 0.300 e. The van der Waals surface area contributed by atoms with Gasteiger partial charge in [-0.3, -0.25) is 19.5 Å². The number of ketones is 1. The van der Waals surface area contributed by atoms with E-state index in [1.165, 1.54) is 4.90 Å². The number of ether oxygens (including phenoxy) is 1. The summed E-state index contributed by atoms with van der Waals surface area (Å²) in [4.78, 5) is 32.0. The summed E-state index contributed by atoms with van der Waals surface area (Å²) in [5, 5.41) is 11.6. The minimum Gasteiger partial charge on any atom is -0.507 e. The molecule has 7 heteroatoms. The summed E-state index contributed by atoms with van der Waals surface area (Å²) in [5.41, 5.74) is 2.49. The third-order valence-corrected chi connectivity index (χ3v) is 6.14. The molecule has 1 atom stereocenters. The van der Waals surface area contributed by atoms with Crippen molar-refractivity contribution < 1.29 is 19.4 Å². The molecule has 0 saturated carbocycles. The van der Waals surface area contributed by atoms with Gasteiger partial charge in [0.25, 0.3) is 11.7 Å². The van der Waals surface area contributed by atoms with E-state index in [2.05, 4.69) is 18.8 Å². The average Bonchev–Trinajstić information content (AvgIpc) is 3.11. The van der Waals surface area contributed by atoms with Gasteiger partial charge in [0.1, 0.15) is 11.5 Å². The van der Waals surface area contributed by atoms with Crippen LogP contribution < -0.4 is 9.64 Å². The maximum atomic E-state index is 13.3. The number of halogens is 1. The number of aliphatic hydroxyl groups excluding tert-OH is 1. The summed E-state index contributed by atoms with van der Waals surface area (Å²) in [5.74, 6) is -1.05. The minimum atomic E-state index is -0.847. The van der Waals surface area contributed by atoms with Crippen LogP contribution in [0.25, 0.3) is 5.76 Å². The van der Waals surface area contributed by atoms with Gasteiger partial charge in [0.15, 0.2) is 0 Å². The molecule has 0 aliphatic carbocycles. The summed E-state index contributed by atoms with van der Waals surface area (Å²) >= 11 is 6.38. The predicted molar refractivity (Wildman–Crippen MR) is 132 cm³/mol. The van der Waals surface area contributed by atoms with Crippen molar-refractivity contribution in [1.29, 1.82) is 0 Å². The number of hydrogen-bond acceptors (Lipinski definition) is 5. The molecule has 6 nitrogen and oxygen atoms in total. The Hall–Kier alpha value is -3.64. The second-order valence-electron chi connectivity index (χ2n) is 8.27. The fourth-order valence-corrected chi connectivity index (χ4v) is 4.27. The second-order valence-corrected chi connectivity index (χ2v) is 8.68. The zero-order chi connectivity index (χ0) is 24.4. The third kappa shape index (κ3) is 4.29. The highest BCUT2D eigenvalue weighted by atomic mass is 35.5. The SMILES string of the molecule is CCOc1ccc(Cl)c(/C(O)=C2\C(=O)C(=O)N(c3ccc(C(C)C)cc3)C2c2ccncc2)c1. The number of pyridine rings is 1. The van der Waals surface area contributed by atoms with Gasteiger partial charge in [0, 0.05) is 23.6 Å². The molecule has 1 aliphatic heterocycles. The first-order valence-corrected chi connectivity index (χ1v) is 11.4. The van der Waals surface area contributed by atoms with Gasteiger partial charge in [-0.05, 0) is 66.4 Å². The number of Topliss-reactive ketones (excluding diaryl/α,β-unsaturated/α-hetero) is 1. The number of rotatable bonds is 6. The molecule has 1 aliphatic rings. The predicted octanol–water partition coefficient (Wildman–Crippen LogP) is 5.88. The van der Waals surface area contributed by atoms with Crippen LogP contribution in [-0.2, 0) is 9.59 Å². The van der Waals surface area contributed by atoms with Crippen LogP contribution in [0.1, 0.15) is 49.4 Å². The summed E-state index contributed by atoms with van der Waals surface area (Å²) in [7, 11) is 0. The van der Waals surface area contributed by atoms with Crippen LogP contribution in [0.15, 0.2) is 72.6 Å². The van der Waals surface area contributed by atoms with Crippen molar-refractivity contribution in [3.05, 3.63) is 94.3 Å². The van der Waals surface area contributed by atoms with Crippen molar-refractivity contribution in [2.45, 2.75) is 32.7 Å². The van der Waals surface area contributed by atoms with Gasteiger partial charge < -0.3 is 9.84 Å². The Morgan fingerprint density at radius 3 is 2.38 bits per heavy atom. The van der Waals surface area contributed by atoms with Crippen LogP contribution in [0, 0.1) is 0 Å². The molecule has 4 rings (SSSR count). The topological polar surface area (TPSA) is 79.7 Å². The monoisotopic (exact) mass is 476 g/mol. The molecular weight excluding hydrogens is 452 g/mol. The summed E-state index contributed by atoms with van der Waals surface area (Å²) < 4.78 is 5.53. The maximum Gasteiger partial charge on any atom is 0.300 e. The first-order valence-electron chi connectivity index (χ1n) is 11.1. The Morgan fingerprint density at radius 1 is 1.09 bits per heavy atom. The Bertz CT molecular complexity index is 1250. The van der Waals surface area contributed by atoms with Crippen molar-refractivity contribution in [3.8, 4) is 5.75 Å². The number of hydrogen-bond donors (Lipinski definition) is 1. The van der Waals surface area contributed by atoms with Crippen molar-refractivity contribution >= 4 is 34.7 Å². The molecule has 3 aromatic rings. The van der Waals surface area contributed by atoms with Gasteiger partial charge in [-0.15, -0.1) is 0 Å². The first-order chi connectivity index (χ1) is 16.3. The number of carbonyl (C=O) groups is 2. The van der Waals surface area contributed by atoms with E-state index >= 15 is 0 Å². The van der Waals surface area contributed by atoms with E-state index in [1.807, 2.05) is 31.2 Å². The number of anilines is 1. The maximum absolute atomic E-state index is 13.3. The molecule has 0 spiro atoms. The van der Waals surface area contributed by atoms with E-state index in [4.69, 9.17) is 16.3 Å². The van der Waals surface area contributed by atoms with Gasteiger partial charge in [-0.1, -0.05) is 37.6 Å². The Labute approximate surface area is 203 Å². The molecule has 0 bridgehead atoms. The summed E-state index contributed by atoms with van der Waals surface area (Å²) in [6, 6.07) is 14.9. The van der Waals surface area contributed by atoms with Crippen LogP contribution in [-0.4, -0.2) is 28.4 Å². The van der Waals surface area contributed by atoms with Crippen LogP contribution in [0.3, 0.4) is 0 Å². The van der Waals surface area contributed by atoms with Crippen molar-refractivity contribution in [1.82, 2.24) is 4.98 Å². The highest BCUT2D eigenvalue weighted by Gasteiger charge is 2.47. The average molecular weight is 477 g/mol. The molecule has 1 amide bonds. The molecule has 1 unspecified atom stereocenters. The zero-order valence-electron chi connectivity index (χ0n) is 19.2. The number of nitrogens with zero attached hydrogens (tertiary/aromatic N) is 2. The number of aromatic nitrogens is 1. The second kappa shape index (κ2) is 9.69. The van der Waals surface area contributed by atoms with Gasteiger partial charge in [0.2, 0.25) is 0 Å². The lowest BCUT2D eigenvalue weighted by molar-refractivity contribution is -0.132. The van der Waals surface area contributed by atoms with E-state index in [0.717, 1.165) is 5.56 Å². The van der Waals surface area contributed by atoms with Gasteiger partial charge in [-0.2, -0.15) is 0 Å². The molecule has 1 fully saturated rings. The first kappa shape index (κ1) is 23.5. The van der Waals surface area contributed by atoms with Gasteiger partial charge in [0.05, 0.1) is 23.2 Å². The van der Waals surface area contributed by atoms with Gasteiger partial charge in [-0.25, -0.2) is 0 Å². The molecule has 34 heavy (non-hydrogen) atoms. The number of carbonyl (C=O) groups excluding carboxylic acids is 2. The highest BCUT2D eigenvalue weighted by molar-refractivity contribution is 6.52. The van der Waals surface area contributed by atoms with Crippen molar-refractivity contribution in [2.75, 3.05) is 11.5 Å². The van der Waals surface area contributed by atoms with Crippen molar-refractivity contribution in [2.24, 2.45) is 0 Å². The van der Waals surface area contributed by atoms with E-state index in [9.17, 15) is 14.7 Å². The van der Waals surface area contributed by atoms with E-state index < -0.39 is 17.7 Å². The van der Waals surface area contributed by atoms with Gasteiger partial charge >= 0.3 is 0 Å². The zero-order valence-corrected chi connectivity index (χ0v) is 19.9. The summed E-state index contributed by atoms with van der Waals surface area (Å²) in [6.07, 6.45) is 3.17. The molecule has 2 heterocycles. The van der Waals surface area contributed by atoms with Crippen LogP contribution in [0.2, 0.25) is 5.02 Å². The normalized spacial score (nSPS) is 17.4. The lowest BCUT2D eigenvalue weighted by Crippen LogP contribution is -2.29. The Balaban J connectivity index is 1.91. The lowest BCUT2D eigenvalue weighted by Gasteiger charge is -2.25. The summed E-state index contributed by atoms with van der Waals surface area (Å²) in [6.45, 7) is 6.43. The largest absolute Gasteiger partial charge is 0.507 e. The Morgan fingerprint density at radius 2 is 1.76 bits per heavy atom. The quantitative estimate of drug-likeness (QED) is 0.273. The van der Waals surface area contributed by atoms with E-state index in [1.54, 1.807) is 42.7 Å². The molecule has 2 aromatic carbocycles. The van der Waals surface area contributed by atoms with E-state index in [0.29, 0.717) is 29.5 Å². The van der Waals surface area contributed by atoms with Crippen LogP contribution >= 0.6 is 11.6 Å². The molecule has 1 aromatic heterocycles. The molecule has 1 saturated heterocycles. The molecular formula is C27H25ClN2O4. The number of benzene rings is 2. The highest BCUT2D eigenvalue weighted by Crippen LogP contribution is 2.43. The fraction of sp³-hybridized carbons (Fsp3) is 0.222. The van der Waals surface area contributed by atoms with E-state index in [-0.39, 0.29) is 21.9 Å². The lowest BCUT2D eigenvalue weighted by atomic mass is 9.95. The number of amides is 1. The number of aliphatic hydroxyl groups is 1. The molecule has 0 radical (unpaired) electrons. The fourth-order valence-electron chi connectivity index (χ4n) is 4.07. The third-order valence-electron chi connectivity index (χ3n) is 5.81. The minimum absolute atomic E-state index is 0.0420. The van der Waals surface area contributed by atoms with Crippen molar-refractivity contribution in [3.63, 3.8) is 0 Å². The standard InChI is InChI=1S/C27H25ClN2O4/c1-4-34-20-9-10-22(28)21(15-20)25(31)23-24(18-11-13-29-14-12-18)30(27(33)26(23)32)19-7-5-17(6-8-19)16(2)3/h5-16,24,31H,4H2,1-3H3/b25-23+.